The van der Waals surface area contributed by atoms with Crippen molar-refractivity contribution in [3.63, 3.8) is 0 Å². The van der Waals surface area contributed by atoms with Gasteiger partial charge in [-0.3, -0.25) is 5.10 Å². The highest BCUT2D eigenvalue weighted by Crippen LogP contribution is 2.60. The normalized spacial score (nSPS) is 32.7. The number of nitrogens with zero attached hydrogens (tertiary/aromatic N) is 1. The van der Waals surface area contributed by atoms with E-state index in [9.17, 15) is 4.79 Å². The Morgan fingerprint density at radius 2 is 2.33 bits per heavy atom. The fourth-order valence-electron chi connectivity index (χ4n) is 4.66. The molecule has 4 rings (SSSR count). The summed E-state index contributed by atoms with van der Waals surface area (Å²) in [6.07, 6.45) is 8.07. The third-order valence-corrected chi connectivity index (χ3v) is 5.57. The number of rotatable bonds is 3. The molecule has 0 unspecified atom stereocenters. The summed E-state index contributed by atoms with van der Waals surface area (Å²) in [5, 5.41) is 12.9. The van der Waals surface area contributed by atoms with Gasteiger partial charge in [0.15, 0.2) is 0 Å². The van der Waals surface area contributed by atoms with Gasteiger partial charge < -0.3 is 15.4 Å². The van der Waals surface area contributed by atoms with Crippen molar-refractivity contribution in [1.29, 1.82) is 0 Å². The third kappa shape index (κ3) is 2.04. The van der Waals surface area contributed by atoms with E-state index in [2.05, 4.69) is 20.8 Å². The van der Waals surface area contributed by atoms with Gasteiger partial charge in [0, 0.05) is 30.2 Å². The van der Waals surface area contributed by atoms with Gasteiger partial charge in [-0.15, -0.1) is 0 Å². The molecule has 2 heterocycles. The second kappa shape index (κ2) is 5.02. The van der Waals surface area contributed by atoms with Crippen molar-refractivity contribution in [3.05, 3.63) is 18.0 Å². The fraction of sp³-hybridized carbons (Fsp3) is 0.733. The van der Waals surface area contributed by atoms with Gasteiger partial charge in [0.1, 0.15) is 0 Å². The first-order valence-electron chi connectivity index (χ1n) is 7.94. The van der Waals surface area contributed by atoms with Gasteiger partial charge in [0.2, 0.25) is 0 Å². The Morgan fingerprint density at radius 1 is 1.48 bits per heavy atom. The lowest BCUT2D eigenvalue weighted by atomic mass is 9.54. The van der Waals surface area contributed by atoms with Gasteiger partial charge in [-0.25, -0.2) is 4.79 Å². The summed E-state index contributed by atoms with van der Waals surface area (Å²) in [7, 11) is 0. The summed E-state index contributed by atoms with van der Waals surface area (Å²) in [4.78, 5) is 12.2. The van der Waals surface area contributed by atoms with Crippen LogP contribution < -0.4 is 10.6 Å². The Labute approximate surface area is 124 Å². The lowest BCUT2D eigenvalue weighted by Crippen LogP contribution is -2.69. The number of hydrogen-bond donors (Lipinski definition) is 3. The van der Waals surface area contributed by atoms with Crippen LogP contribution >= 0.6 is 0 Å². The molecule has 0 aromatic carbocycles. The van der Waals surface area contributed by atoms with Crippen LogP contribution in [0.25, 0.3) is 0 Å². The number of ether oxygens (including phenoxy) is 1. The minimum absolute atomic E-state index is 0.0776. The van der Waals surface area contributed by atoms with E-state index in [1.165, 1.54) is 25.7 Å². The van der Waals surface area contributed by atoms with Crippen LogP contribution in [-0.4, -0.2) is 35.0 Å². The molecule has 2 amide bonds. The van der Waals surface area contributed by atoms with E-state index in [0.29, 0.717) is 18.6 Å². The first-order chi connectivity index (χ1) is 10.3. The molecule has 2 saturated carbocycles. The molecule has 114 valence electrons. The lowest BCUT2D eigenvalue weighted by Gasteiger charge is -2.56. The molecule has 3 fully saturated rings. The van der Waals surface area contributed by atoms with E-state index < -0.39 is 0 Å². The number of nitrogens with one attached hydrogen (secondary N) is 3. The molecule has 3 aliphatic rings. The number of urea groups is 1. The second-order valence-corrected chi connectivity index (χ2v) is 6.57. The molecule has 0 bridgehead atoms. The molecule has 1 spiro atoms. The number of H-pyrrole nitrogens is 1. The van der Waals surface area contributed by atoms with Crippen LogP contribution in [0.15, 0.2) is 12.3 Å². The Bertz CT molecular complexity index is 510. The minimum Gasteiger partial charge on any atom is -0.377 e. The van der Waals surface area contributed by atoms with Crippen molar-refractivity contribution in [2.45, 2.75) is 50.8 Å². The van der Waals surface area contributed by atoms with E-state index in [1.54, 1.807) is 6.20 Å². The Morgan fingerprint density at radius 3 is 3.10 bits per heavy atom. The monoisotopic (exact) mass is 290 g/mol. The topological polar surface area (TPSA) is 79.0 Å². The van der Waals surface area contributed by atoms with Gasteiger partial charge in [0.25, 0.3) is 0 Å². The zero-order chi connectivity index (χ0) is 14.3. The van der Waals surface area contributed by atoms with E-state index >= 15 is 0 Å². The fourth-order valence-corrected chi connectivity index (χ4v) is 4.66. The third-order valence-electron chi connectivity index (χ3n) is 5.57. The quantitative estimate of drug-likeness (QED) is 0.790. The van der Waals surface area contributed by atoms with Gasteiger partial charge >= 0.3 is 6.03 Å². The highest BCUT2D eigenvalue weighted by Gasteiger charge is 2.65. The molecule has 3 atom stereocenters. The minimum atomic E-state index is -0.0776. The second-order valence-electron chi connectivity index (χ2n) is 6.57. The summed E-state index contributed by atoms with van der Waals surface area (Å²) in [5.74, 6) is 0.515. The van der Waals surface area contributed by atoms with E-state index in [4.69, 9.17) is 4.74 Å². The van der Waals surface area contributed by atoms with Crippen molar-refractivity contribution in [3.8, 4) is 0 Å². The SMILES string of the molecule is O=C(NCc1ccn[nH]1)N[C@H]1[C@H]2CCO[C@@H]2C12CCCC2. The van der Waals surface area contributed by atoms with Crippen LogP contribution in [0.5, 0.6) is 0 Å². The first kappa shape index (κ1) is 13.1. The van der Waals surface area contributed by atoms with Crippen LogP contribution in [0.1, 0.15) is 37.8 Å². The number of amides is 2. The summed E-state index contributed by atoms with van der Waals surface area (Å²) in [6.45, 7) is 1.33. The number of fused-ring (bicyclic) bond motifs is 2. The predicted molar refractivity (Wildman–Crippen MR) is 76.5 cm³/mol. The Balaban J connectivity index is 1.38. The van der Waals surface area contributed by atoms with Crippen LogP contribution in [-0.2, 0) is 11.3 Å². The summed E-state index contributed by atoms with van der Waals surface area (Å²) >= 11 is 0. The molecule has 3 N–H and O–H groups in total. The average Bonchev–Trinajstić information content (AvgIpc) is 3.22. The van der Waals surface area contributed by atoms with Crippen LogP contribution in [0.4, 0.5) is 4.79 Å². The molecule has 0 radical (unpaired) electrons. The number of carbonyl (C=O) groups excluding carboxylic acids is 1. The van der Waals surface area contributed by atoms with Crippen molar-refractivity contribution in [2.24, 2.45) is 11.3 Å². The average molecular weight is 290 g/mol. The van der Waals surface area contributed by atoms with Crippen molar-refractivity contribution >= 4 is 6.03 Å². The van der Waals surface area contributed by atoms with Gasteiger partial charge in [0.05, 0.1) is 18.3 Å². The molecule has 6 heteroatoms. The Hall–Kier alpha value is -1.56. The number of aromatic nitrogens is 2. The smallest absolute Gasteiger partial charge is 0.315 e. The van der Waals surface area contributed by atoms with Crippen LogP contribution in [0.2, 0.25) is 0 Å². The molecule has 1 saturated heterocycles. The van der Waals surface area contributed by atoms with Crippen molar-refractivity contribution in [2.75, 3.05) is 6.61 Å². The van der Waals surface area contributed by atoms with Gasteiger partial charge in [-0.05, 0) is 25.3 Å². The predicted octanol–water partition coefficient (Wildman–Crippen LogP) is 1.56. The molecule has 6 nitrogen and oxygen atoms in total. The van der Waals surface area contributed by atoms with Crippen LogP contribution in [0, 0.1) is 11.3 Å². The summed E-state index contributed by atoms with van der Waals surface area (Å²) < 4.78 is 5.94. The standard InChI is InChI=1S/C15H22N4O2/c20-14(16-9-10-3-7-17-19-10)18-12-11-4-8-21-13(11)15(12)5-1-2-6-15/h3,7,11-13H,1-2,4-6,8-9H2,(H,17,19)(H2,16,18,20)/t11-,12+,13+/m1/s1. The molecular weight excluding hydrogens is 268 g/mol. The zero-order valence-electron chi connectivity index (χ0n) is 12.1. The number of hydrogen-bond acceptors (Lipinski definition) is 3. The number of aromatic amines is 1. The summed E-state index contributed by atoms with van der Waals surface area (Å²) in [6, 6.07) is 2.07. The number of carbonyl (C=O) groups is 1. The van der Waals surface area contributed by atoms with E-state index in [1.807, 2.05) is 6.07 Å². The maximum atomic E-state index is 12.2. The van der Waals surface area contributed by atoms with Crippen molar-refractivity contribution < 1.29 is 9.53 Å². The first-order valence-corrected chi connectivity index (χ1v) is 7.94. The molecular formula is C15H22N4O2. The van der Waals surface area contributed by atoms with Crippen LogP contribution in [0.3, 0.4) is 0 Å². The van der Waals surface area contributed by atoms with E-state index in [0.717, 1.165) is 18.7 Å². The maximum Gasteiger partial charge on any atom is 0.315 e. The highest BCUT2D eigenvalue weighted by atomic mass is 16.5. The van der Waals surface area contributed by atoms with Crippen molar-refractivity contribution in [1.82, 2.24) is 20.8 Å². The van der Waals surface area contributed by atoms with Gasteiger partial charge in [-0.2, -0.15) is 5.10 Å². The molecule has 1 aromatic rings. The molecule has 1 aromatic heterocycles. The highest BCUT2D eigenvalue weighted by molar-refractivity contribution is 5.74. The Kier molecular flexibility index (Phi) is 3.14. The molecule has 1 aliphatic heterocycles. The zero-order valence-corrected chi connectivity index (χ0v) is 12.1. The van der Waals surface area contributed by atoms with E-state index in [-0.39, 0.29) is 17.5 Å². The molecule has 2 aliphatic carbocycles. The largest absolute Gasteiger partial charge is 0.377 e. The van der Waals surface area contributed by atoms with Gasteiger partial charge in [-0.1, -0.05) is 12.8 Å². The lowest BCUT2D eigenvalue weighted by molar-refractivity contribution is -0.126. The molecule has 21 heavy (non-hydrogen) atoms. The summed E-state index contributed by atoms with van der Waals surface area (Å²) in [5.41, 5.74) is 1.13. The maximum absolute atomic E-state index is 12.2.